The van der Waals surface area contributed by atoms with Crippen LogP contribution in [-0.4, -0.2) is 35.7 Å². The van der Waals surface area contributed by atoms with E-state index in [0.29, 0.717) is 12.6 Å². The number of hydrogen-bond acceptors (Lipinski definition) is 3. The van der Waals surface area contributed by atoms with Gasteiger partial charge in [0.1, 0.15) is 6.61 Å². The molecule has 1 aromatic rings. The number of rotatable bonds is 4. The standard InChI is InChI=1S/C17H26N2O2/c1-14(2)18-17(3)9-11-19(12-10-17)16(20)21-13-15-7-5-4-6-8-15/h4-8,14,18H,9-13H2,1-3H3. The summed E-state index contributed by atoms with van der Waals surface area (Å²) in [6.07, 6.45) is 1.72. The molecular formula is C17H26N2O2. The molecular weight excluding hydrogens is 264 g/mol. The van der Waals surface area contributed by atoms with Gasteiger partial charge in [-0.3, -0.25) is 0 Å². The number of ether oxygens (including phenoxy) is 1. The van der Waals surface area contributed by atoms with E-state index in [-0.39, 0.29) is 11.6 Å². The Bertz CT molecular complexity index is 451. The number of benzene rings is 1. The van der Waals surface area contributed by atoms with Gasteiger partial charge >= 0.3 is 6.09 Å². The van der Waals surface area contributed by atoms with Crippen LogP contribution in [-0.2, 0) is 11.3 Å². The fourth-order valence-corrected chi connectivity index (χ4v) is 2.83. The zero-order chi connectivity index (χ0) is 15.3. The zero-order valence-corrected chi connectivity index (χ0v) is 13.3. The van der Waals surface area contributed by atoms with Gasteiger partial charge in [-0.2, -0.15) is 0 Å². The second-order valence-electron chi connectivity index (χ2n) is 6.39. The lowest BCUT2D eigenvalue weighted by molar-refractivity contribution is 0.0739. The maximum Gasteiger partial charge on any atom is 0.410 e. The van der Waals surface area contributed by atoms with Gasteiger partial charge in [0.25, 0.3) is 0 Å². The smallest absolute Gasteiger partial charge is 0.410 e. The second kappa shape index (κ2) is 6.94. The fraction of sp³-hybridized carbons (Fsp3) is 0.588. The summed E-state index contributed by atoms with van der Waals surface area (Å²) in [5.41, 5.74) is 1.15. The van der Waals surface area contributed by atoms with Gasteiger partial charge in [0.05, 0.1) is 0 Å². The molecule has 1 aliphatic heterocycles. The number of carbonyl (C=O) groups excluding carboxylic acids is 1. The van der Waals surface area contributed by atoms with Gasteiger partial charge in [-0.1, -0.05) is 44.2 Å². The van der Waals surface area contributed by atoms with Crippen molar-refractivity contribution in [3.8, 4) is 0 Å². The molecule has 0 atom stereocenters. The minimum atomic E-state index is -0.203. The summed E-state index contributed by atoms with van der Waals surface area (Å²) in [6.45, 7) is 8.41. The molecule has 2 rings (SSSR count). The molecule has 0 aromatic heterocycles. The Morgan fingerprint density at radius 2 is 1.90 bits per heavy atom. The van der Waals surface area contributed by atoms with Crippen LogP contribution in [0.15, 0.2) is 30.3 Å². The molecule has 4 nitrogen and oxygen atoms in total. The summed E-state index contributed by atoms with van der Waals surface area (Å²) in [5, 5.41) is 3.60. The van der Waals surface area contributed by atoms with Crippen LogP contribution in [0.1, 0.15) is 39.2 Å². The summed E-state index contributed by atoms with van der Waals surface area (Å²) in [7, 11) is 0. The fourth-order valence-electron chi connectivity index (χ4n) is 2.83. The van der Waals surface area contributed by atoms with Crippen LogP contribution in [0.4, 0.5) is 4.79 Å². The van der Waals surface area contributed by atoms with Gasteiger partial charge in [-0.05, 0) is 25.3 Å². The summed E-state index contributed by atoms with van der Waals surface area (Å²) >= 11 is 0. The van der Waals surface area contributed by atoms with Gasteiger partial charge in [-0.15, -0.1) is 0 Å². The molecule has 0 bridgehead atoms. The largest absolute Gasteiger partial charge is 0.445 e. The second-order valence-corrected chi connectivity index (χ2v) is 6.39. The quantitative estimate of drug-likeness (QED) is 0.926. The number of likely N-dealkylation sites (tertiary alicyclic amines) is 1. The molecule has 21 heavy (non-hydrogen) atoms. The van der Waals surface area contributed by atoms with Gasteiger partial charge in [0.2, 0.25) is 0 Å². The number of carbonyl (C=O) groups is 1. The summed E-state index contributed by atoms with van der Waals surface area (Å²) < 4.78 is 5.38. The van der Waals surface area contributed by atoms with Gasteiger partial charge in [-0.25, -0.2) is 4.79 Å². The predicted molar refractivity (Wildman–Crippen MR) is 84.1 cm³/mol. The van der Waals surface area contributed by atoms with Crippen LogP contribution in [0.25, 0.3) is 0 Å². The summed E-state index contributed by atoms with van der Waals surface area (Å²) in [5.74, 6) is 0. The van der Waals surface area contributed by atoms with Crippen molar-refractivity contribution in [2.24, 2.45) is 0 Å². The lowest BCUT2D eigenvalue weighted by atomic mass is 9.89. The Labute approximate surface area is 127 Å². The summed E-state index contributed by atoms with van der Waals surface area (Å²) in [6, 6.07) is 10.3. The molecule has 116 valence electrons. The predicted octanol–water partition coefficient (Wildman–Crippen LogP) is 3.18. The average molecular weight is 290 g/mol. The highest BCUT2D eigenvalue weighted by Gasteiger charge is 2.32. The van der Waals surface area contributed by atoms with E-state index in [2.05, 4.69) is 26.1 Å². The third kappa shape index (κ3) is 4.74. The van der Waals surface area contributed by atoms with E-state index in [1.54, 1.807) is 0 Å². The molecule has 0 aliphatic carbocycles. The maximum absolute atomic E-state index is 12.1. The molecule has 1 amide bonds. The highest BCUT2D eigenvalue weighted by atomic mass is 16.6. The number of nitrogens with one attached hydrogen (secondary N) is 1. The zero-order valence-electron chi connectivity index (χ0n) is 13.3. The van der Waals surface area contributed by atoms with Crippen LogP contribution in [0.5, 0.6) is 0 Å². The van der Waals surface area contributed by atoms with Crippen LogP contribution < -0.4 is 5.32 Å². The van der Waals surface area contributed by atoms with E-state index < -0.39 is 0 Å². The van der Waals surface area contributed by atoms with Crippen molar-refractivity contribution < 1.29 is 9.53 Å². The molecule has 1 heterocycles. The molecule has 0 radical (unpaired) electrons. The Morgan fingerprint density at radius 3 is 2.48 bits per heavy atom. The van der Waals surface area contributed by atoms with E-state index in [0.717, 1.165) is 31.5 Å². The van der Waals surface area contributed by atoms with Crippen molar-refractivity contribution in [1.82, 2.24) is 10.2 Å². The maximum atomic E-state index is 12.1. The molecule has 0 spiro atoms. The normalized spacial score (nSPS) is 17.8. The van der Waals surface area contributed by atoms with E-state index in [1.165, 1.54) is 0 Å². The number of amides is 1. The molecule has 1 fully saturated rings. The first-order valence-corrected chi connectivity index (χ1v) is 7.72. The lowest BCUT2D eigenvalue weighted by Gasteiger charge is -2.40. The number of piperidine rings is 1. The molecule has 0 unspecified atom stereocenters. The van der Waals surface area contributed by atoms with Crippen molar-refractivity contribution >= 4 is 6.09 Å². The molecule has 0 saturated carbocycles. The summed E-state index contributed by atoms with van der Waals surface area (Å²) in [4.78, 5) is 13.9. The Hall–Kier alpha value is -1.55. The highest BCUT2D eigenvalue weighted by molar-refractivity contribution is 5.67. The first kappa shape index (κ1) is 15.8. The van der Waals surface area contributed by atoms with Crippen molar-refractivity contribution in [3.63, 3.8) is 0 Å². The van der Waals surface area contributed by atoms with E-state index in [4.69, 9.17) is 4.74 Å². The Morgan fingerprint density at radius 1 is 1.29 bits per heavy atom. The molecule has 4 heteroatoms. The van der Waals surface area contributed by atoms with Crippen LogP contribution in [0.3, 0.4) is 0 Å². The van der Waals surface area contributed by atoms with Crippen molar-refractivity contribution in [2.45, 2.75) is 51.8 Å². The topological polar surface area (TPSA) is 41.6 Å². The first-order chi connectivity index (χ1) is 9.98. The van der Waals surface area contributed by atoms with E-state index in [9.17, 15) is 4.79 Å². The lowest BCUT2D eigenvalue weighted by Crippen LogP contribution is -2.54. The van der Waals surface area contributed by atoms with Gasteiger partial charge in [0, 0.05) is 24.7 Å². The third-order valence-corrected chi connectivity index (χ3v) is 3.97. The minimum absolute atomic E-state index is 0.129. The SMILES string of the molecule is CC(C)NC1(C)CCN(C(=O)OCc2ccccc2)CC1. The molecule has 1 aromatic carbocycles. The van der Waals surface area contributed by atoms with Gasteiger partial charge in [0.15, 0.2) is 0 Å². The number of hydrogen-bond donors (Lipinski definition) is 1. The molecule has 1 saturated heterocycles. The molecule has 1 aliphatic rings. The van der Waals surface area contributed by atoms with E-state index in [1.807, 2.05) is 35.2 Å². The van der Waals surface area contributed by atoms with Crippen LogP contribution in [0, 0.1) is 0 Å². The van der Waals surface area contributed by atoms with Crippen molar-refractivity contribution in [3.05, 3.63) is 35.9 Å². The van der Waals surface area contributed by atoms with Crippen molar-refractivity contribution in [1.29, 1.82) is 0 Å². The Kier molecular flexibility index (Phi) is 5.23. The monoisotopic (exact) mass is 290 g/mol. The Balaban J connectivity index is 1.78. The van der Waals surface area contributed by atoms with E-state index >= 15 is 0 Å². The number of nitrogens with zero attached hydrogens (tertiary/aromatic N) is 1. The van der Waals surface area contributed by atoms with Crippen LogP contribution >= 0.6 is 0 Å². The third-order valence-electron chi connectivity index (χ3n) is 3.97. The average Bonchev–Trinajstić information content (AvgIpc) is 2.45. The van der Waals surface area contributed by atoms with Gasteiger partial charge < -0.3 is 15.0 Å². The minimum Gasteiger partial charge on any atom is -0.445 e. The molecule has 1 N–H and O–H groups in total. The van der Waals surface area contributed by atoms with Crippen molar-refractivity contribution in [2.75, 3.05) is 13.1 Å². The van der Waals surface area contributed by atoms with Crippen LogP contribution in [0.2, 0.25) is 0 Å². The first-order valence-electron chi connectivity index (χ1n) is 7.72. The highest BCUT2D eigenvalue weighted by Crippen LogP contribution is 2.23.